The lowest BCUT2D eigenvalue weighted by atomic mass is 9.84. The maximum atomic E-state index is 2.41. The number of hydrogen-bond acceptors (Lipinski definition) is 2. The van der Waals surface area contributed by atoms with E-state index in [1.165, 1.54) is 97.0 Å². The van der Waals surface area contributed by atoms with Gasteiger partial charge in [0.15, 0.2) is 0 Å². The van der Waals surface area contributed by atoms with Crippen LogP contribution in [0, 0.1) is 0 Å². The molecule has 0 atom stereocenters. The van der Waals surface area contributed by atoms with Gasteiger partial charge < -0.3 is 4.90 Å². The summed E-state index contributed by atoms with van der Waals surface area (Å²) in [6.45, 7) is 0. The summed E-state index contributed by atoms with van der Waals surface area (Å²) in [6.07, 6.45) is 0. The summed E-state index contributed by atoms with van der Waals surface area (Å²) < 4.78 is 2.65. The molecular formula is C60H39NS. The van der Waals surface area contributed by atoms with Crippen LogP contribution in [-0.4, -0.2) is 0 Å². The second-order valence-electron chi connectivity index (χ2n) is 16.0. The van der Waals surface area contributed by atoms with Crippen molar-refractivity contribution in [3.63, 3.8) is 0 Å². The van der Waals surface area contributed by atoms with Crippen molar-refractivity contribution in [3.8, 4) is 44.5 Å². The van der Waals surface area contributed by atoms with Crippen molar-refractivity contribution in [3.05, 3.63) is 237 Å². The summed E-state index contributed by atoms with van der Waals surface area (Å²) in [5.41, 5.74) is 13.1. The van der Waals surface area contributed by atoms with Crippen LogP contribution in [0.1, 0.15) is 0 Å². The zero-order valence-corrected chi connectivity index (χ0v) is 34.7. The largest absolute Gasteiger partial charge is 0.310 e. The van der Waals surface area contributed by atoms with Crippen molar-refractivity contribution in [2.24, 2.45) is 0 Å². The van der Waals surface area contributed by atoms with Crippen LogP contribution in [-0.2, 0) is 0 Å². The normalized spacial score (nSPS) is 11.5. The molecule has 62 heavy (non-hydrogen) atoms. The quantitative estimate of drug-likeness (QED) is 0.145. The summed E-state index contributed by atoms with van der Waals surface area (Å²) in [4.78, 5) is 2.38. The topological polar surface area (TPSA) is 3.24 Å². The van der Waals surface area contributed by atoms with Crippen LogP contribution in [0.2, 0.25) is 0 Å². The first-order valence-electron chi connectivity index (χ1n) is 21.2. The summed E-state index contributed by atoms with van der Waals surface area (Å²) in [7, 11) is 0. The van der Waals surface area contributed by atoms with Crippen LogP contribution in [0.3, 0.4) is 0 Å². The van der Waals surface area contributed by atoms with Crippen molar-refractivity contribution in [2.45, 2.75) is 0 Å². The van der Waals surface area contributed by atoms with Gasteiger partial charge in [-0.2, -0.15) is 0 Å². The Hall–Kier alpha value is -7.78. The first-order valence-corrected chi connectivity index (χ1v) is 22.1. The van der Waals surface area contributed by atoms with Gasteiger partial charge in [-0.15, -0.1) is 11.3 Å². The second kappa shape index (κ2) is 15.0. The van der Waals surface area contributed by atoms with Gasteiger partial charge in [-0.25, -0.2) is 0 Å². The second-order valence-corrected chi connectivity index (χ2v) is 17.1. The Balaban J connectivity index is 0.980. The van der Waals surface area contributed by atoms with Crippen LogP contribution >= 0.6 is 11.3 Å². The van der Waals surface area contributed by atoms with Gasteiger partial charge >= 0.3 is 0 Å². The van der Waals surface area contributed by atoms with E-state index in [0.29, 0.717) is 0 Å². The Bertz CT molecular complexity index is 3610. The smallest absolute Gasteiger partial charge is 0.0468 e. The molecule has 0 aliphatic heterocycles. The molecule has 2 heteroatoms. The van der Waals surface area contributed by atoms with Gasteiger partial charge in [0.25, 0.3) is 0 Å². The van der Waals surface area contributed by atoms with Gasteiger partial charge in [-0.1, -0.05) is 188 Å². The molecule has 0 aliphatic carbocycles. The summed E-state index contributed by atoms with van der Waals surface area (Å²) >= 11 is 1.88. The molecule has 1 nitrogen and oxygen atoms in total. The molecule has 12 aromatic rings. The minimum Gasteiger partial charge on any atom is -0.310 e. The van der Waals surface area contributed by atoms with E-state index in [1.807, 2.05) is 11.3 Å². The predicted molar refractivity (Wildman–Crippen MR) is 268 cm³/mol. The molecule has 0 saturated carbocycles. The van der Waals surface area contributed by atoms with Gasteiger partial charge in [0, 0.05) is 37.2 Å². The third kappa shape index (κ3) is 6.15. The van der Waals surface area contributed by atoms with Gasteiger partial charge in [-0.05, 0) is 125 Å². The van der Waals surface area contributed by atoms with Crippen molar-refractivity contribution in [2.75, 3.05) is 4.90 Å². The molecule has 290 valence electrons. The van der Waals surface area contributed by atoms with Crippen molar-refractivity contribution in [1.29, 1.82) is 0 Å². The third-order valence-electron chi connectivity index (χ3n) is 12.4. The Morgan fingerprint density at radius 1 is 0.274 bits per heavy atom. The Morgan fingerprint density at radius 2 is 0.806 bits per heavy atom. The highest BCUT2D eigenvalue weighted by Gasteiger charge is 2.19. The maximum Gasteiger partial charge on any atom is 0.0468 e. The Kier molecular flexibility index (Phi) is 8.76. The van der Waals surface area contributed by atoms with E-state index in [-0.39, 0.29) is 0 Å². The van der Waals surface area contributed by atoms with Gasteiger partial charge in [0.2, 0.25) is 0 Å². The number of nitrogens with zero attached hydrogens (tertiary/aromatic N) is 1. The zero-order chi connectivity index (χ0) is 41.0. The highest BCUT2D eigenvalue weighted by molar-refractivity contribution is 7.26. The minimum atomic E-state index is 1.10. The number of benzene rings is 11. The fourth-order valence-electron chi connectivity index (χ4n) is 9.51. The molecule has 12 rings (SSSR count). The molecule has 0 aliphatic rings. The predicted octanol–water partition coefficient (Wildman–Crippen LogP) is 17.7. The lowest BCUT2D eigenvalue weighted by molar-refractivity contribution is 1.29. The number of thiophene rings is 1. The number of rotatable bonds is 7. The van der Waals surface area contributed by atoms with Gasteiger partial charge in [-0.3, -0.25) is 0 Å². The minimum absolute atomic E-state index is 1.10. The van der Waals surface area contributed by atoms with E-state index in [9.17, 15) is 0 Å². The molecule has 0 spiro atoms. The number of hydrogen-bond donors (Lipinski definition) is 0. The number of fused-ring (bicyclic) bond motifs is 7. The average Bonchev–Trinajstić information content (AvgIpc) is 3.74. The third-order valence-corrected chi connectivity index (χ3v) is 13.7. The van der Waals surface area contributed by atoms with Crippen LogP contribution in [0.5, 0.6) is 0 Å². The van der Waals surface area contributed by atoms with Crippen LogP contribution in [0.25, 0.3) is 97.0 Å². The molecule has 0 radical (unpaired) electrons. The molecule has 0 saturated heterocycles. The Morgan fingerprint density at radius 3 is 1.53 bits per heavy atom. The van der Waals surface area contributed by atoms with Crippen LogP contribution in [0.15, 0.2) is 237 Å². The van der Waals surface area contributed by atoms with Gasteiger partial charge in [0.1, 0.15) is 0 Å². The van der Waals surface area contributed by atoms with E-state index < -0.39 is 0 Å². The van der Waals surface area contributed by atoms with E-state index in [2.05, 4.69) is 241 Å². The molecule has 0 amide bonds. The van der Waals surface area contributed by atoms with E-state index >= 15 is 0 Å². The monoisotopic (exact) mass is 805 g/mol. The van der Waals surface area contributed by atoms with Crippen molar-refractivity contribution >= 4 is 80.9 Å². The molecule has 0 bridgehead atoms. The number of anilines is 3. The molecule has 0 N–H and O–H groups in total. The van der Waals surface area contributed by atoms with E-state index in [0.717, 1.165) is 17.1 Å². The van der Waals surface area contributed by atoms with Gasteiger partial charge in [0.05, 0.1) is 0 Å². The van der Waals surface area contributed by atoms with Crippen LogP contribution < -0.4 is 4.90 Å². The molecule has 0 fully saturated rings. The first-order chi connectivity index (χ1) is 30.7. The summed E-state index contributed by atoms with van der Waals surface area (Å²) in [6, 6.07) is 86.7. The lowest BCUT2D eigenvalue weighted by Crippen LogP contribution is -2.09. The fraction of sp³-hybridized carbons (Fsp3) is 0. The average molecular weight is 806 g/mol. The molecule has 1 aromatic heterocycles. The SMILES string of the molecule is c1ccc(-c2c(-c3ccccc3)c3cc(-c4ccc(N(c5ccc(-c6cccc7c6sc6ccccc67)cc5)c5ccc6ccccc6c5)cc4)ccc3c3ccccc23)cc1. The van der Waals surface area contributed by atoms with E-state index in [1.54, 1.807) is 0 Å². The van der Waals surface area contributed by atoms with E-state index in [4.69, 9.17) is 0 Å². The maximum absolute atomic E-state index is 2.41. The molecule has 1 heterocycles. The summed E-state index contributed by atoms with van der Waals surface area (Å²) in [5.74, 6) is 0. The lowest BCUT2D eigenvalue weighted by Gasteiger charge is -2.26. The molecule has 0 unspecified atom stereocenters. The molecular weight excluding hydrogens is 767 g/mol. The van der Waals surface area contributed by atoms with Crippen molar-refractivity contribution in [1.82, 2.24) is 0 Å². The standard InChI is InChI=1S/C60H39NS/c1-3-15-43(16-4-1)58-54-22-10-9-20-51(54)52-37-31-46(39-56(52)59(58)44-17-5-2-6-18-44)41-26-32-47(33-27-41)61(49-36-28-40-14-7-8-19-45(40)38-49)48-34-29-42(30-35-48)50-23-13-24-55-53-21-11-12-25-57(53)62-60(50)55/h1-39H. The highest BCUT2D eigenvalue weighted by Crippen LogP contribution is 2.46. The van der Waals surface area contributed by atoms with Crippen molar-refractivity contribution < 1.29 is 0 Å². The summed E-state index contributed by atoms with van der Waals surface area (Å²) in [5, 5.41) is 10.1. The molecule has 11 aromatic carbocycles. The Labute approximate surface area is 365 Å². The zero-order valence-electron chi connectivity index (χ0n) is 33.9. The fourth-order valence-corrected chi connectivity index (χ4v) is 10.7. The van der Waals surface area contributed by atoms with Crippen LogP contribution in [0.4, 0.5) is 17.1 Å². The highest BCUT2D eigenvalue weighted by atomic mass is 32.1. The first kappa shape index (κ1) is 36.1.